The highest BCUT2D eigenvalue weighted by Gasteiger charge is 2.23. The van der Waals surface area contributed by atoms with Crippen molar-refractivity contribution in [3.8, 4) is 6.07 Å². The van der Waals surface area contributed by atoms with Gasteiger partial charge in [-0.3, -0.25) is 14.1 Å². The summed E-state index contributed by atoms with van der Waals surface area (Å²) in [5, 5.41) is 11.8. The molecule has 1 aromatic heterocycles. The maximum atomic E-state index is 12.1. The Morgan fingerprint density at radius 1 is 1.29 bits per heavy atom. The maximum Gasteiger partial charge on any atom is 0.241 e. The number of pyridine rings is 1. The van der Waals surface area contributed by atoms with E-state index in [1.54, 1.807) is 36.7 Å². The highest BCUT2D eigenvalue weighted by molar-refractivity contribution is 7.92. The number of carbonyl (C=O) groups is 1. The van der Waals surface area contributed by atoms with E-state index in [1.165, 1.54) is 12.1 Å². The highest BCUT2D eigenvalue weighted by atomic mass is 32.2. The van der Waals surface area contributed by atoms with Gasteiger partial charge >= 0.3 is 0 Å². The minimum absolute atomic E-state index is 0.180. The average molecular weight is 344 g/mol. The zero-order valence-electron chi connectivity index (χ0n) is 13.0. The third-order valence-corrected chi connectivity index (χ3v) is 4.32. The molecule has 1 aromatic carbocycles. The third kappa shape index (κ3) is 4.54. The van der Waals surface area contributed by atoms with Crippen molar-refractivity contribution in [3.05, 3.63) is 59.9 Å². The van der Waals surface area contributed by atoms with E-state index in [2.05, 4.69) is 10.3 Å². The second kappa shape index (κ2) is 7.57. The summed E-state index contributed by atoms with van der Waals surface area (Å²) in [4.78, 5) is 16.1. The molecule has 0 aliphatic carbocycles. The number of anilines is 1. The van der Waals surface area contributed by atoms with E-state index >= 15 is 0 Å². The van der Waals surface area contributed by atoms with Crippen molar-refractivity contribution in [1.82, 2.24) is 10.3 Å². The van der Waals surface area contributed by atoms with Crippen molar-refractivity contribution in [3.63, 3.8) is 0 Å². The molecule has 8 heteroatoms. The van der Waals surface area contributed by atoms with Crippen LogP contribution >= 0.6 is 0 Å². The topological polar surface area (TPSA) is 103 Å². The summed E-state index contributed by atoms with van der Waals surface area (Å²) in [5.74, 6) is -0.475. The number of sulfonamides is 1. The van der Waals surface area contributed by atoms with Gasteiger partial charge in [-0.15, -0.1) is 0 Å². The molecule has 1 amide bonds. The first kappa shape index (κ1) is 17.4. The second-order valence-electron chi connectivity index (χ2n) is 5.04. The van der Waals surface area contributed by atoms with Gasteiger partial charge in [0.2, 0.25) is 15.9 Å². The third-order valence-electron chi connectivity index (χ3n) is 3.19. The largest absolute Gasteiger partial charge is 0.350 e. The van der Waals surface area contributed by atoms with Gasteiger partial charge in [0, 0.05) is 18.9 Å². The summed E-state index contributed by atoms with van der Waals surface area (Å²) in [6, 6.07) is 11.7. The molecule has 0 aliphatic heterocycles. The molecule has 7 nitrogen and oxygen atoms in total. The van der Waals surface area contributed by atoms with Crippen molar-refractivity contribution in [2.75, 3.05) is 17.1 Å². The van der Waals surface area contributed by atoms with Crippen LogP contribution in [0, 0.1) is 11.3 Å². The molecule has 0 aliphatic rings. The highest BCUT2D eigenvalue weighted by Crippen LogP contribution is 2.21. The molecule has 0 bridgehead atoms. The van der Waals surface area contributed by atoms with Gasteiger partial charge in [0.15, 0.2) is 0 Å². The van der Waals surface area contributed by atoms with E-state index in [9.17, 15) is 13.2 Å². The summed E-state index contributed by atoms with van der Waals surface area (Å²) < 4.78 is 25.0. The van der Waals surface area contributed by atoms with Crippen LogP contribution in [0.25, 0.3) is 0 Å². The molecule has 0 fully saturated rings. The molecule has 0 atom stereocenters. The Morgan fingerprint density at radius 3 is 2.67 bits per heavy atom. The maximum absolute atomic E-state index is 12.1. The lowest BCUT2D eigenvalue weighted by Crippen LogP contribution is -2.40. The minimum Gasteiger partial charge on any atom is -0.350 e. The van der Waals surface area contributed by atoms with E-state index in [0.717, 1.165) is 16.1 Å². The lowest BCUT2D eigenvalue weighted by atomic mass is 10.2. The Labute approximate surface area is 140 Å². The summed E-state index contributed by atoms with van der Waals surface area (Å²) in [7, 11) is -3.72. The molecular formula is C16H16N4O3S. The van der Waals surface area contributed by atoms with Crippen LogP contribution in [0.5, 0.6) is 0 Å². The van der Waals surface area contributed by atoms with Gasteiger partial charge in [0.1, 0.15) is 12.6 Å². The average Bonchev–Trinajstić information content (AvgIpc) is 2.58. The standard InChI is InChI=1S/C16H16N4O3S/c1-24(22,23)20(15-7-3-2-6-14(15)9-17)12-16(21)19-11-13-5-4-8-18-10-13/h2-8,10H,11-12H2,1H3,(H,19,21). The first-order valence-corrected chi connectivity index (χ1v) is 8.89. The lowest BCUT2D eigenvalue weighted by Gasteiger charge is -2.22. The molecule has 0 unspecified atom stereocenters. The second-order valence-corrected chi connectivity index (χ2v) is 6.94. The fourth-order valence-corrected chi connectivity index (χ4v) is 2.92. The summed E-state index contributed by atoms with van der Waals surface area (Å²) >= 11 is 0. The molecule has 1 N–H and O–H groups in total. The van der Waals surface area contributed by atoms with Crippen LogP contribution in [0.3, 0.4) is 0 Å². The van der Waals surface area contributed by atoms with Gasteiger partial charge in [-0.05, 0) is 23.8 Å². The molecule has 24 heavy (non-hydrogen) atoms. The first-order chi connectivity index (χ1) is 11.4. The number of hydrogen-bond donors (Lipinski definition) is 1. The zero-order chi connectivity index (χ0) is 17.6. The normalized spacial score (nSPS) is 10.7. The molecule has 0 saturated carbocycles. The van der Waals surface area contributed by atoms with Crippen molar-refractivity contribution in [1.29, 1.82) is 5.26 Å². The summed E-state index contributed by atoms with van der Waals surface area (Å²) in [6.45, 7) is -0.165. The number of hydrogen-bond acceptors (Lipinski definition) is 5. The van der Waals surface area contributed by atoms with Crippen LogP contribution in [0.15, 0.2) is 48.8 Å². The summed E-state index contributed by atoms with van der Waals surface area (Å²) in [6.07, 6.45) is 4.23. The molecule has 1 heterocycles. The van der Waals surface area contributed by atoms with Crippen LogP contribution < -0.4 is 9.62 Å². The van der Waals surface area contributed by atoms with Crippen molar-refractivity contribution in [2.45, 2.75) is 6.54 Å². The van der Waals surface area contributed by atoms with Crippen LogP contribution in [0.2, 0.25) is 0 Å². The fraction of sp³-hybridized carbons (Fsp3) is 0.188. The zero-order valence-corrected chi connectivity index (χ0v) is 13.8. The molecule has 2 aromatic rings. The number of para-hydroxylation sites is 1. The fourth-order valence-electron chi connectivity index (χ4n) is 2.06. The van der Waals surface area contributed by atoms with Gasteiger partial charge in [0.05, 0.1) is 17.5 Å². The molecular weight excluding hydrogens is 328 g/mol. The van der Waals surface area contributed by atoms with Crippen LogP contribution in [-0.2, 0) is 21.4 Å². The van der Waals surface area contributed by atoms with E-state index < -0.39 is 22.5 Å². The molecule has 0 radical (unpaired) electrons. The number of aromatic nitrogens is 1. The van der Waals surface area contributed by atoms with Gasteiger partial charge in [-0.2, -0.15) is 5.26 Å². The number of nitriles is 1. The molecule has 0 saturated heterocycles. The van der Waals surface area contributed by atoms with Crippen molar-refractivity contribution >= 4 is 21.6 Å². The predicted octanol–water partition coefficient (Wildman–Crippen LogP) is 1.04. The number of benzene rings is 1. The van der Waals surface area contributed by atoms with E-state index in [4.69, 9.17) is 5.26 Å². The SMILES string of the molecule is CS(=O)(=O)N(CC(=O)NCc1cccnc1)c1ccccc1C#N. The van der Waals surface area contributed by atoms with Crippen LogP contribution in [-0.4, -0.2) is 32.1 Å². The Hall–Kier alpha value is -2.92. The Balaban J connectivity index is 2.15. The number of nitrogens with one attached hydrogen (secondary N) is 1. The van der Waals surface area contributed by atoms with Crippen molar-refractivity contribution in [2.24, 2.45) is 0 Å². The van der Waals surface area contributed by atoms with Gasteiger partial charge < -0.3 is 5.32 Å². The van der Waals surface area contributed by atoms with E-state index in [-0.39, 0.29) is 17.8 Å². The van der Waals surface area contributed by atoms with Gasteiger partial charge in [-0.1, -0.05) is 18.2 Å². The van der Waals surface area contributed by atoms with Crippen molar-refractivity contribution < 1.29 is 13.2 Å². The van der Waals surface area contributed by atoms with E-state index in [0.29, 0.717) is 0 Å². The monoisotopic (exact) mass is 344 g/mol. The molecule has 0 spiro atoms. The number of rotatable bonds is 6. The Kier molecular flexibility index (Phi) is 5.50. The number of amides is 1. The smallest absolute Gasteiger partial charge is 0.241 e. The predicted molar refractivity (Wildman–Crippen MR) is 89.4 cm³/mol. The lowest BCUT2D eigenvalue weighted by molar-refractivity contribution is -0.119. The Morgan fingerprint density at radius 2 is 2.04 bits per heavy atom. The molecule has 2 rings (SSSR count). The number of nitrogens with zero attached hydrogens (tertiary/aromatic N) is 3. The summed E-state index contributed by atoms with van der Waals surface area (Å²) in [5.41, 5.74) is 1.16. The van der Waals surface area contributed by atoms with Gasteiger partial charge in [0.25, 0.3) is 0 Å². The van der Waals surface area contributed by atoms with Crippen LogP contribution in [0.1, 0.15) is 11.1 Å². The number of carbonyl (C=O) groups excluding carboxylic acids is 1. The quantitative estimate of drug-likeness (QED) is 0.843. The first-order valence-electron chi connectivity index (χ1n) is 7.04. The van der Waals surface area contributed by atoms with Gasteiger partial charge in [-0.25, -0.2) is 8.42 Å². The Bertz CT molecular complexity index is 860. The molecule has 124 valence electrons. The van der Waals surface area contributed by atoms with E-state index in [1.807, 2.05) is 6.07 Å². The van der Waals surface area contributed by atoms with Crippen LogP contribution in [0.4, 0.5) is 5.69 Å². The minimum atomic E-state index is -3.72.